The van der Waals surface area contributed by atoms with E-state index in [1.54, 1.807) is 21.1 Å². The lowest BCUT2D eigenvalue weighted by atomic mass is 10.1. The first-order valence-electron chi connectivity index (χ1n) is 9.42. The molecule has 0 saturated heterocycles. The van der Waals surface area contributed by atoms with Crippen molar-refractivity contribution < 1.29 is 0 Å². The van der Waals surface area contributed by atoms with Gasteiger partial charge in [-0.25, -0.2) is 0 Å². The maximum absolute atomic E-state index is 2.43. The highest BCUT2D eigenvalue weighted by molar-refractivity contribution is 7.08. The quantitative estimate of drug-likeness (QED) is 0.641. The first-order valence-corrected chi connectivity index (χ1v) is 11.5. The van der Waals surface area contributed by atoms with Gasteiger partial charge in [-0.15, -0.1) is 0 Å². The van der Waals surface area contributed by atoms with Crippen LogP contribution in [0.15, 0.2) is 82.6 Å². The fraction of sp³-hybridized carbons (Fsp3) is 0.333. The summed E-state index contributed by atoms with van der Waals surface area (Å²) in [5.74, 6) is 0.537. The Bertz CT molecular complexity index is 770. The van der Waals surface area contributed by atoms with E-state index in [0.717, 1.165) is 0 Å². The van der Waals surface area contributed by atoms with E-state index in [4.69, 9.17) is 0 Å². The molecule has 0 aliphatic heterocycles. The van der Waals surface area contributed by atoms with Crippen molar-refractivity contribution >= 4 is 18.4 Å². The molecule has 1 atom stereocenters. The molecule has 1 heteroatoms. The summed E-state index contributed by atoms with van der Waals surface area (Å²) >= 11 is 0. The zero-order valence-corrected chi connectivity index (χ0v) is 17.4. The maximum atomic E-state index is 2.43. The van der Waals surface area contributed by atoms with Crippen molar-refractivity contribution in [3.63, 3.8) is 0 Å². The van der Waals surface area contributed by atoms with Crippen LogP contribution in [-0.2, 0) is 0 Å². The Hall–Kier alpha value is -1.86. The minimum atomic E-state index is -2.06. The van der Waals surface area contributed by atoms with Crippen molar-refractivity contribution in [2.24, 2.45) is 5.92 Å². The fourth-order valence-electron chi connectivity index (χ4n) is 4.86. The topological polar surface area (TPSA) is 0 Å². The van der Waals surface area contributed by atoms with Crippen molar-refractivity contribution in [1.29, 1.82) is 0 Å². The second-order valence-corrected chi connectivity index (χ2v) is 12.2. The van der Waals surface area contributed by atoms with Gasteiger partial charge in [0.05, 0.1) is 0 Å². The van der Waals surface area contributed by atoms with Gasteiger partial charge in [0.2, 0.25) is 0 Å². The Kier molecular flexibility index (Phi) is 4.88. The van der Waals surface area contributed by atoms with Crippen LogP contribution in [0, 0.1) is 5.92 Å². The summed E-state index contributed by atoms with van der Waals surface area (Å²) in [6, 6.07) is 22.6. The molecule has 0 nitrogen and oxygen atoms in total. The molecule has 0 bridgehead atoms. The van der Waals surface area contributed by atoms with Crippen LogP contribution in [0.1, 0.15) is 41.5 Å². The molecule has 130 valence electrons. The third-order valence-electron chi connectivity index (χ3n) is 6.39. The van der Waals surface area contributed by atoms with E-state index in [9.17, 15) is 0 Å². The van der Waals surface area contributed by atoms with E-state index < -0.39 is 8.07 Å². The Morgan fingerprint density at radius 1 is 0.720 bits per heavy atom. The van der Waals surface area contributed by atoms with Crippen LogP contribution in [0.2, 0.25) is 5.54 Å². The summed E-state index contributed by atoms with van der Waals surface area (Å²) in [6.07, 6.45) is 0. The van der Waals surface area contributed by atoms with Crippen LogP contribution >= 0.6 is 0 Å². The first kappa shape index (κ1) is 17.9. The molecule has 2 aromatic carbocycles. The lowest BCUT2D eigenvalue weighted by Gasteiger charge is -2.41. The van der Waals surface area contributed by atoms with Crippen LogP contribution in [0.3, 0.4) is 0 Å². The van der Waals surface area contributed by atoms with Crippen LogP contribution in [0.4, 0.5) is 0 Å². The second kappa shape index (κ2) is 6.80. The Morgan fingerprint density at radius 2 is 1.16 bits per heavy atom. The second-order valence-electron chi connectivity index (χ2n) is 7.76. The van der Waals surface area contributed by atoms with Crippen molar-refractivity contribution in [2.45, 2.75) is 47.1 Å². The molecular weight excluding hydrogens is 316 g/mol. The van der Waals surface area contributed by atoms with Gasteiger partial charge in [-0.2, -0.15) is 0 Å². The summed E-state index contributed by atoms with van der Waals surface area (Å²) in [5.41, 5.74) is 5.20. The van der Waals surface area contributed by atoms with Crippen molar-refractivity contribution in [2.75, 3.05) is 0 Å². The van der Waals surface area contributed by atoms with Gasteiger partial charge < -0.3 is 0 Å². The molecule has 0 saturated carbocycles. The average molecular weight is 347 g/mol. The van der Waals surface area contributed by atoms with Crippen LogP contribution in [-0.4, -0.2) is 8.07 Å². The molecule has 1 aliphatic carbocycles. The molecule has 2 aromatic rings. The zero-order valence-electron chi connectivity index (χ0n) is 16.4. The number of allylic oxidation sites excluding steroid dienone is 4. The highest BCUT2D eigenvalue weighted by Gasteiger charge is 2.48. The molecule has 0 radical (unpaired) electrons. The number of hydrogen-bond acceptors (Lipinski definition) is 0. The number of hydrogen-bond donors (Lipinski definition) is 0. The van der Waals surface area contributed by atoms with Crippen LogP contribution in [0.25, 0.3) is 0 Å². The van der Waals surface area contributed by atoms with Crippen molar-refractivity contribution in [3.05, 3.63) is 82.6 Å². The van der Waals surface area contributed by atoms with Gasteiger partial charge in [-0.3, -0.25) is 0 Å². The predicted octanol–water partition coefficient (Wildman–Crippen LogP) is 5.50. The monoisotopic (exact) mass is 346 g/mol. The summed E-state index contributed by atoms with van der Waals surface area (Å²) in [6.45, 7) is 14.3. The van der Waals surface area contributed by atoms with E-state index in [1.165, 1.54) is 11.1 Å². The molecule has 0 spiro atoms. The molecule has 25 heavy (non-hydrogen) atoms. The summed E-state index contributed by atoms with van der Waals surface area (Å²) in [7, 11) is -2.06. The van der Waals surface area contributed by atoms with Gasteiger partial charge in [0.25, 0.3) is 0 Å². The third kappa shape index (κ3) is 2.66. The molecule has 0 fully saturated rings. The van der Waals surface area contributed by atoms with Gasteiger partial charge in [-0.05, 0) is 48.2 Å². The average Bonchev–Trinajstić information content (AvgIpc) is 2.82. The highest BCUT2D eigenvalue weighted by Crippen LogP contribution is 2.44. The van der Waals surface area contributed by atoms with Gasteiger partial charge in [0, 0.05) is 0 Å². The van der Waals surface area contributed by atoms with E-state index >= 15 is 0 Å². The molecule has 0 amide bonds. The Morgan fingerprint density at radius 3 is 1.48 bits per heavy atom. The van der Waals surface area contributed by atoms with Crippen LogP contribution < -0.4 is 10.4 Å². The number of benzene rings is 2. The zero-order chi connectivity index (χ0) is 18.2. The number of rotatable bonds is 4. The molecule has 3 rings (SSSR count). The first-order chi connectivity index (χ1) is 11.9. The lowest BCUT2D eigenvalue weighted by Crippen LogP contribution is -2.63. The van der Waals surface area contributed by atoms with E-state index in [0.29, 0.717) is 11.5 Å². The van der Waals surface area contributed by atoms with E-state index in [2.05, 4.69) is 102 Å². The standard InChI is InChI=1S/C24H30Si/c1-17(2)25(22-13-9-7-10-14-22,23-15-11-8-12-16-23)24-20(5)18(3)19(4)21(24)6/h7-17,20H,1-6H3. The van der Waals surface area contributed by atoms with Gasteiger partial charge in [0.1, 0.15) is 8.07 Å². The summed E-state index contributed by atoms with van der Waals surface area (Å²) in [5, 5.41) is 4.80. The highest BCUT2D eigenvalue weighted by atomic mass is 28.3. The predicted molar refractivity (Wildman–Crippen MR) is 113 cm³/mol. The maximum Gasteiger partial charge on any atom is 0.147 e. The van der Waals surface area contributed by atoms with Gasteiger partial charge >= 0.3 is 0 Å². The molecule has 0 aromatic heterocycles. The third-order valence-corrected chi connectivity index (χ3v) is 12.3. The Balaban J connectivity index is 2.39. The minimum absolute atomic E-state index is 0.537. The van der Waals surface area contributed by atoms with Crippen LogP contribution in [0.5, 0.6) is 0 Å². The van der Waals surface area contributed by atoms with Crippen molar-refractivity contribution in [3.8, 4) is 0 Å². The molecule has 0 N–H and O–H groups in total. The summed E-state index contributed by atoms with van der Waals surface area (Å²) < 4.78 is 0. The smallest absolute Gasteiger partial charge is 0.0643 e. The molecule has 0 heterocycles. The summed E-state index contributed by atoms with van der Waals surface area (Å²) in [4.78, 5) is 0. The lowest BCUT2D eigenvalue weighted by molar-refractivity contribution is 0.840. The van der Waals surface area contributed by atoms with E-state index in [-0.39, 0.29) is 0 Å². The molecular formula is C24H30Si. The largest absolute Gasteiger partial charge is 0.147 e. The van der Waals surface area contributed by atoms with E-state index in [1.807, 2.05) is 0 Å². The van der Waals surface area contributed by atoms with Crippen molar-refractivity contribution in [1.82, 2.24) is 0 Å². The normalized spacial score (nSPS) is 18.4. The fourth-order valence-corrected chi connectivity index (χ4v) is 10.9. The minimum Gasteiger partial charge on any atom is -0.0643 e. The SMILES string of the molecule is CC1=C(C)C(C)C([Si](c2ccccc2)(c2ccccc2)C(C)C)=C1C. The van der Waals surface area contributed by atoms with Gasteiger partial charge in [0.15, 0.2) is 0 Å². The van der Waals surface area contributed by atoms with Gasteiger partial charge in [-0.1, -0.05) is 97.8 Å². The Labute approximate surface area is 154 Å². The molecule has 1 aliphatic rings. The molecule has 1 unspecified atom stereocenters.